The maximum absolute atomic E-state index is 11.2. The molecule has 88 valence electrons. The monoisotopic (exact) mass is 229 g/mol. The number of aromatic nitrogens is 1. The van der Waals surface area contributed by atoms with Crippen molar-refractivity contribution in [1.82, 2.24) is 4.98 Å². The molecule has 2 rings (SSSR count). The van der Waals surface area contributed by atoms with E-state index < -0.39 is 5.97 Å². The average Bonchev–Trinajstić information content (AvgIpc) is 2.26. The fourth-order valence-electron chi connectivity index (χ4n) is 1.83. The molecule has 0 bridgehead atoms. The smallest absolute Gasteiger partial charge is 0.336 e. The van der Waals surface area contributed by atoms with Gasteiger partial charge in [-0.15, -0.1) is 0 Å². The second kappa shape index (κ2) is 4.17. The van der Waals surface area contributed by atoms with Gasteiger partial charge in [-0.2, -0.15) is 0 Å². The van der Waals surface area contributed by atoms with E-state index in [1.54, 1.807) is 6.07 Å². The first-order chi connectivity index (χ1) is 7.99. The number of hydrogen-bond acceptors (Lipinski definition) is 2. The highest BCUT2D eigenvalue weighted by Crippen LogP contribution is 2.23. The summed E-state index contributed by atoms with van der Waals surface area (Å²) in [5.41, 5.74) is 3.00. The molecule has 1 aromatic heterocycles. The van der Waals surface area contributed by atoms with Crippen molar-refractivity contribution in [3.63, 3.8) is 0 Å². The van der Waals surface area contributed by atoms with Gasteiger partial charge < -0.3 is 5.11 Å². The van der Waals surface area contributed by atoms with Gasteiger partial charge >= 0.3 is 5.97 Å². The fraction of sp³-hybridized carbons (Fsp3) is 0.286. The minimum Gasteiger partial charge on any atom is -0.478 e. The number of carbonyl (C=O) groups is 1. The number of benzene rings is 1. The first-order valence-corrected chi connectivity index (χ1v) is 5.63. The van der Waals surface area contributed by atoms with Crippen LogP contribution in [0.15, 0.2) is 24.3 Å². The Bertz CT molecular complexity index is 588. The summed E-state index contributed by atoms with van der Waals surface area (Å²) in [7, 11) is 0. The summed E-state index contributed by atoms with van der Waals surface area (Å²) in [6.07, 6.45) is 0. The van der Waals surface area contributed by atoms with Crippen molar-refractivity contribution in [3.8, 4) is 0 Å². The van der Waals surface area contributed by atoms with Gasteiger partial charge in [0.15, 0.2) is 0 Å². The minimum atomic E-state index is -0.900. The van der Waals surface area contributed by atoms with Crippen LogP contribution in [0.1, 0.15) is 41.4 Å². The molecule has 2 aromatic rings. The molecule has 0 amide bonds. The van der Waals surface area contributed by atoms with Crippen molar-refractivity contribution in [2.24, 2.45) is 0 Å². The molecule has 0 saturated carbocycles. The van der Waals surface area contributed by atoms with Gasteiger partial charge in [0, 0.05) is 11.1 Å². The van der Waals surface area contributed by atoms with Gasteiger partial charge in [0.25, 0.3) is 0 Å². The molecular formula is C14H15NO2. The molecule has 3 heteroatoms. The van der Waals surface area contributed by atoms with Crippen LogP contribution in [0.25, 0.3) is 10.9 Å². The van der Waals surface area contributed by atoms with Crippen molar-refractivity contribution in [2.45, 2.75) is 26.7 Å². The summed E-state index contributed by atoms with van der Waals surface area (Å²) in [5.74, 6) is -0.679. The van der Waals surface area contributed by atoms with Crippen LogP contribution in [0.3, 0.4) is 0 Å². The zero-order chi connectivity index (χ0) is 12.6. The molecule has 0 aliphatic carbocycles. The summed E-state index contributed by atoms with van der Waals surface area (Å²) in [6, 6.07) is 7.33. The predicted octanol–water partition coefficient (Wildman–Crippen LogP) is 3.36. The van der Waals surface area contributed by atoms with Crippen LogP contribution in [-0.2, 0) is 0 Å². The maximum Gasteiger partial charge on any atom is 0.336 e. The van der Waals surface area contributed by atoms with Crippen LogP contribution >= 0.6 is 0 Å². The van der Waals surface area contributed by atoms with E-state index in [2.05, 4.69) is 4.98 Å². The summed E-state index contributed by atoms with van der Waals surface area (Å²) in [4.78, 5) is 15.8. The van der Waals surface area contributed by atoms with Gasteiger partial charge in [0.05, 0.1) is 11.1 Å². The summed E-state index contributed by atoms with van der Waals surface area (Å²) in [5, 5.41) is 9.93. The number of hydrogen-bond donors (Lipinski definition) is 1. The lowest BCUT2D eigenvalue weighted by Crippen LogP contribution is -2.03. The number of fused-ring (bicyclic) bond motifs is 1. The molecule has 3 nitrogen and oxygen atoms in total. The number of aryl methyl sites for hydroxylation is 1. The molecule has 0 atom stereocenters. The Kier molecular flexibility index (Phi) is 2.84. The van der Waals surface area contributed by atoms with Crippen LogP contribution in [0, 0.1) is 6.92 Å². The number of rotatable bonds is 2. The van der Waals surface area contributed by atoms with Gasteiger partial charge in [0.2, 0.25) is 0 Å². The summed E-state index contributed by atoms with van der Waals surface area (Å²) >= 11 is 0. The second-order valence-electron chi connectivity index (χ2n) is 4.58. The third-order valence-electron chi connectivity index (χ3n) is 2.81. The lowest BCUT2D eigenvalue weighted by atomic mass is 10.0. The molecule has 1 aromatic carbocycles. The molecule has 1 heterocycles. The van der Waals surface area contributed by atoms with Crippen LogP contribution < -0.4 is 0 Å². The van der Waals surface area contributed by atoms with E-state index in [0.29, 0.717) is 10.9 Å². The minimum absolute atomic E-state index is 0.220. The van der Waals surface area contributed by atoms with Crippen molar-refractivity contribution in [1.29, 1.82) is 0 Å². The van der Waals surface area contributed by atoms with Crippen molar-refractivity contribution < 1.29 is 9.90 Å². The molecule has 0 saturated heterocycles. The predicted molar refractivity (Wildman–Crippen MR) is 67.5 cm³/mol. The Morgan fingerprint density at radius 2 is 2.00 bits per heavy atom. The largest absolute Gasteiger partial charge is 0.478 e. The quantitative estimate of drug-likeness (QED) is 0.859. The highest BCUT2D eigenvalue weighted by molar-refractivity contribution is 6.02. The van der Waals surface area contributed by atoms with E-state index in [1.165, 1.54) is 0 Å². The first kappa shape index (κ1) is 11.6. The van der Waals surface area contributed by atoms with Crippen molar-refractivity contribution >= 4 is 16.9 Å². The topological polar surface area (TPSA) is 50.2 Å². The van der Waals surface area contributed by atoms with Crippen LogP contribution in [0.2, 0.25) is 0 Å². The molecule has 0 spiro atoms. The molecule has 1 N–H and O–H groups in total. The van der Waals surface area contributed by atoms with Crippen LogP contribution in [-0.4, -0.2) is 16.1 Å². The summed E-state index contributed by atoms with van der Waals surface area (Å²) < 4.78 is 0. The van der Waals surface area contributed by atoms with E-state index >= 15 is 0 Å². The maximum atomic E-state index is 11.2. The normalized spacial score (nSPS) is 11.1. The molecule has 0 aliphatic heterocycles. The van der Waals surface area contributed by atoms with E-state index in [0.717, 1.165) is 16.8 Å². The van der Waals surface area contributed by atoms with Crippen molar-refractivity contribution in [3.05, 3.63) is 41.1 Å². The number of aromatic carboxylic acids is 1. The Labute approximate surface area is 100 Å². The van der Waals surface area contributed by atoms with E-state index in [1.807, 2.05) is 39.0 Å². The van der Waals surface area contributed by atoms with Gasteiger partial charge in [-0.3, -0.25) is 4.98 Å². The lowest BCUT2D eigenvalue weighted by Gasteiger charge is -2.09. The second-order valence-corrected chi connectivity index (χ2v) is 4.58. The van der Waals surface area contributed by atoms with Gasteiger partial charge in [-0.1, -0.05) is 26.0 Å². The standard InChI is InChI=1S/C14H15NO2/c1-8(2)12-7-11(14(16)17)10-5-4-9(3)6-13(10)15-12/h4-8H,1-3H3,(H,16,17). The molecule has 0 aliphatic rings. The Morgan fingerprint density at radius 3 is 2.59 bits per heavy atom. The number of pyridine rings is 1. The van der Waals surface area contributed by atoms with E-state index in [9.17, 15) is 9.90 Å². The molecular weight excluding hydrogens is 214 g/mol. The molecule has 0 fully saturated rings. The van der Waals surface area contributed by atoms with Gasteiger partial charge in [-0.05, 0) is 30.5 Å². The zero-order valence-electron chi connectivity index (χ0n) is 10.2. The number of carboxylic acids is 1. The number of nitrogens with zero attached hydrogens (tertiary/aromatic N) is 1. The SMILES string of the molecule is Cc1ccc2c(C(=O)O)cc(C(C)C)nc2c1. The number of carboxylic acid groups (broad SMARTS) is 1. The van der Waals surface area contributed by atoms with E-state index in [-0.39, 0.29) is 5.92 Å². The molecule has 17 heavy (non-hydrogen) atoms. The van der Waals surface area contributed by atoms with Crippen LogP contribution in [0.4, 0.5) is 0 Å². The Hall–Kier alpha value is -1.90. The molecule has 0 radical (unpaired) electrons. The van der Waals surface area contributed by atoms with Gasteiger partial charge in [-0.25, -0.2) is 4.79 Å². The Balaban J connectivity index is 2.81. The Morgan fingerprint density at radius 1 is 1.29 bits per heavy atom. The lowest BCUT2D eigenvalue weighted by molar-refractivity contribution is 0.0699. The molecule has 0 unspecified atom stereocenters. The van der Waals surface area contributed by atoms with Gasteiger partial charge in [0.1, 0.15) is 0 Å². The van der Waals surface area contributed by atoms with Crippen molar-refractivity contribution in [2.75, 3.05) is 0 Å². The van der Waals surface area contributed by atoms with E-state index in [4.69, 9.17) is 0 Å². The zero-order valence-corrected chi connectivity index (χ0v) is 10.2. The fourth-order valence-corrected chi connectivity index (χ4v) is 1.83. The average molecular weight is 229 g/mol. The highest BCUT2D eigenvalue weighted by Gasteiger charge is 2.13. The highest BCUT2D eigenvalue weighted by atomic mass is 16.4. The first-order valence-electron chi connectivity index (χ1n) is 5.63. The van der Waals surface area contributed by atoms with Crippen LogP contribution in [0.5, 0.6) is 0 Å². The third kappa shape index (κ3) is 2.13. The summed E-state index contributed by atoms with van der Waals surface area (Å²) in [6.45, 7) is 5.99. The third-order valence-corrected chi connectivity index (χ3v) is 2.81.